The Bertz CT molecular complexity index is 1050. The zero-order valence-corrected chi connectivity index (χ0v) is 18.0. The minimum absolute atomic E-state index is 0.0245. The molecule has 2 aromatic carbocycles. The van der Waals surface area contributed by atoms with E-state index in [0.717, 1.165) is 0 Å². The lowest BCUT2D eigenvalue weighted by Gasteiger charge is -2.08. The first-order valence-electron chi connectivity index (χ1n) is 8.17. The number of thioether (sulfide) groups is 1. The van der Waals surface area contributed by atoms with Crippen LogP contribution in [0.4, 0.5) is 10.1 Å². The van der Waals surface area contributed by atoms with E-state index in [0.29, 0.717) is 32.5 Å². The third-order valence-corrected chi connectivity index (χ3v) is 5.58. The normalized spacial score (nSPS) is 10.8. The van der Waals surface area contributed by atoms with Gasteiger partial charge in [0, 0.05) is 18.1 Å². The van der Waals surface area contributed by atoms with Gasteiger partial charge in [0.25, 0.3) is 0 Å². The molecule has 1 heterocycles. The molecule has 11 heteroatoms. The number of ether oxygens (including phenoxy) is 1. The predicted molar refractivity (Wildman–Crippen MR) is 113 cm³/mol. The van der Waals surface area contributed by atoms with Crippen LogP contribution in [0, 0.1) is 5.82 Å². The molecule has 0 aliphatic carbocycles. The number of carbonyl (C=O) groups is 1. The van der Waals surface area contributed by atoms with E-state index < -0.39 is 5.82 Å². The number of benzene rings is 2. The van der Waals surface area contributed by atoms with Gasteiger partial charge in [0.15, 0.2) is 11.0 Å². The summed E-state index contributed by atoms with van der Waals surface area (Å²) < 4.78 is 20.5. The Balaban J connectivity index is 1.55. The van der Waals surface area contributed by atoms with Crippen molar-refractivity contribution in [2.45, 2.75) is 11.8 Å². The summed E-state index contributed by atoms with van der Waals surface area (Å²) in [6.45, 7) is 0.110. The highest BCUT2D eigenvalue weighted by molar-refractivity contribution is 7.99. The van der Waals surface area contributed by atoms with E-state index in [2.05, 4.69) is 15.5 Å². The molecular formula is C18H14Cl3FN4O2S. The second kappa shape index (κ2) is 9.67. The maximum Gasteiger partial charge on any atom is 0.234 e. The molecule has 0 fully saturated rings. The van der Waals surface area contributed by atoms with Crippen LogP contribution in [-0.4, -0.2) is 26.4 Å². The zero-order valence-electron chi connectivity index (χ0n) is 15.0. The number of hydrogen-bond donors (Lipinski definition) is 1. The first-order valence-corrected chi connectivity index (χ1v) is 10.3. The van der Waals surface area contributed by atoms with E-state index in [1.165, 1.54) is 30.0 Å². The monoisotopic (exact) mass is 474 g/mol. The highest BCUT2D eigenvalue weighted by Crippen LogP contribution is 2.26. The van der Waals surface area contributed by atoms with Gasteiger partial charge in [-0.2, -0.15) is 0 Å². The Morgan fingerprint density at radius 1 is 1.17 bits per heavy atom. The van der Waals surface area contributed by atoms with Gasteiger partial charge in [0.2, 0.25) is 5.91 Å². The SMILES string of the molecule is Cn1c(COc2ccc(F)c(Cl)c2)nnc1SCC(=O)Nc1ccc(Cl)cc1Cl. The van der Waals surface area contributed by atoms with Crippen molar-refractivity contribution >= 4 is 58.2 Å². The lowest BCUT2D eigenvalue weighted by molar-refractivity contribution is -0.113. The van der Waals surface area contributed by atoms with Gasteiger partial charge in [-0.1, -0.05) is 46.6 Å². The van der Waals surface area contributed by atoms with Crippen LogP contribution in [0.5, 0.6) is 5.75 Å². The molecule has 3 rings (SSSR count). The summed E-state index contributed by atoms with van der Waals surface area (Å²) in [6, 6.07) is 8.90. The molecule has 1 N–H and O–H groups in total. The topological polar surface area (TPSA) is 69.0 Å². The van der Waals surface area contributed by atoms with Crippen molar-refractivity contribution in [1.29, 1.82) is 0 Å². The number of amides is 1. The number of rotatable bonds is 7. The van der Waals surface area contributed by atoms with Crippen molar-refractivity contribution in [2.24, 2.45) is 7.05 Å². The van der Waals surface area contributed by atoms with Crippen LogP contribution < -0.4 is 10.1 Å². The molecule has 0 unspecified atom stereocenters. The van der Waals surface area contributed by atoms with Crippen molar-refractivity contribution in [1.82, 2.24) is 14.8 Å². The Labute approximate surface area is 185 Å². The molecule has 0 aliphatic heterocycles. The molecule has 6 nitrogen and oxygen atoms in total. The molecule has 3 aromatic rings. The summed E-state index contributed by atoms with van der Waals surface area (Å²) in [4.78, 5) is 12.2. The van der Waals surface area contributed by atoms with Gasteiger partial charge >= 0.3 is 0 Å². The molecule has 0 saturated heterocycles. The fourth-order valence-electron chi connectivity index (χ4n) is 2.22. The van der Waals surface area contributed by atoms with Crippen LogP contribution in [0.3, 0.4) is 0 Å². The summed E-state index contributed by atoms with van der Waals surface area (Å²) in [6.07, 6.45) is 0. The highest BCUT2D eigenvalue weighted by atomic mass is 35.5. The van der Waals surface area contributed by atoms with E-state index in [1.807, 2.05) is 0 Å². The summed E-state index contributed by atoms with van der Waals surface area (Å²) >= 11 is 18.8. The van der Waals surface area contributed by atoms with Gasteiger partial charge in [-0.25, -0.2) is 4.39 Å². The lowest BCUT2D eigenvalue weighted by Crippen LogP contribution is -2.15. The van der Waals surface area contributed by atoms with Gasteiger partial charge < -0.3 is 14.6 Å². The third-order valence-electron chi connectivity index (χ3n) is 3.72. The zero-order chi connectivity index (χ0) is 21.0. The summed E-state index contributed by atoms with van der Waals surface area (Å²) in [5, 5.41) is 12.2. The van der Waals surface area contributed by atoms with Crippen LogP contribution in [0.1, 0.15) is 5.82 Å². The summed E-state index contributed by atoms with van der Waals surface area (Å²) in [7, 11) is 1.76. The number of hydrogen-bond acceptors (Lipinski definition) is 5. The largest absolute Gasteiger partial charge is 0.486 e. The molecule has 0 radical (unpaired) electrons. The predicted octanol–water partition coefficient (Wildman–Crippen LogP) is 5.22. The second-order valence-electron chi connectivity index (χ2n) is 5.78. The molecule has 0 atom stereocenters. The maximum atomic E-state index is 13.2. The highest BCUT2D eigenvalue weighted by Gasteiger charge is 2.13. The smallest absolute Gasteiger partial charge is 0.234 e. The summed E-state index contributed by atoms with van der Waals surface area (Å²) in [5.74, 6) is 0.289. The number of anilines is 1. The maximum absolute atomic E-state index is 13.2. The van der Waals surface area contributed by atoms with Crippen LogP contribution in [0.2, 0.25) is 15.1 Å². The van der Waals surface area contributed by atoms with Crippen molar-refractivity contribution < 1.29 is 13.9 Å². The average Bonchev–Trinajstić information content (AvgIpc) is 3.03. The number of aromatic nitrogens is 3. The second-order valence-corrected chi connectivity index (χ2v) is 7.98. The van der Waals surface area contributed by atoms with E-state index >= 15 is 0 Å². The fourth-order valence-corrected chi connectivity index (χ4v) is 3.57. The molecule has 29 heavy (non-hydrogen) atoms. The molecule has 0 aliphatic rings. The first-order chi connectivity index (χ1) is 13.8. The quantitative estimate of drug-likeness (QED) is 0.474. The van der Waals surface area contributed by atoms with Crippen molar-refractivity contribution in [3.8, 4) is 5.75 Å². The number of nitrogens with zero attached hydrogens (tertiary/aromatic N) is 3. The minimum Gasteiger partial charge on any atom is -0.486 e. The Kier molecular flexibility index (Phi) is 7.23. The number of nitrogens with one attached hydrogen (secondary N) is 1. The Morgan fingerprint density at radius 2 is 1.97 bits per heavy atom. The minimum atomic E-state index is -0.519. The lowest BCUT2D eigenvalue weighted by atomic mass is 10.3. The molecule has 0 bridgehead atoms. The van der Waals surface area contributed by atoms with E-state index in [4.69, 9.17) is 39.5 Å². The molecule has 0 saturated carbocycles. The van der Waals surface area contributed by atoms with E-state index in [-0.39, 0.29) is 23.3 Å². The molecule has 1 amide bonds. The van der Waals surface area contributed by atoms with Crippen LogP contribution >= 0.6 is 46.6 Å². The number of halogens is 4. The standard InChI is InChI=1S/C18H14Cl3FN4O2S/c1-26-16(8-28-11-3-4-14(22)12(20)7-11)24-25-18(26)29-9-17(27)23-15-5-2-10(19)6-13(15)21/h2-7H,8-9H2,1H3,(H,23,27). The van der Waals surface area contributed by atoms with Crippen molar-refractivity contribution in [2.75, 3.05) is 11.1 Å². The van der Waals surface area contributed by atoms with Crippen molar-refractivity contribution in [3.05, 3.63) is 63.1 Å². The number of carbonyl (C=O) groups excluding carboxylic acids is 1. The van der Waals surface area contributed by atoms with E-state index in [1.54, 1.807) is 29.8 Å². The summed E-state index contributed by atoms with van der Waals surface area (Å²) in [5.41, 5.74) is 0.478. The molecule has 152 valence electrons. The molecule has 0 spiro atoms. The van der Waals surface area contributed by atoms with E-state index in [9.17, 15) is 9.18 Å². The Morgan fingerprint density at radius 3 is 2.69 bits per heavy atom. The molecular weight excluding hydrogens is 462 g/mol. The van der Waals surface area contributed by atoms with Gasteiger partial charge in [0.05, 0.1) is 21.5 Å². The van der Waals surface area contributed by atoms with Crippen molar-refractivity contribution in [3.63, 3.8) is 0 Å². The van der Waals surface area contributed by atoms with Crippen LogP contribution in [-0.2, 0) is 18.4 Å². The first kappa shape index (κ1) is 21.7. The average molecular weight is 476 g/mol. The molecule has 1 aromatic heterocycles. The van der Waals surface area contributed by atoms with Gasteiger partial charge in [-0.05, 0) is 30.3 Å². The van der Waals surface area contributed by atoms with Gasteiger partial charge in [0.1, 0.15) is 18.2 Å². The fraction of sp³-hybridized carbons (Fsp3) is 0.167. The Hall–Kier alpha value is -2.00. The van der Waals surface area contributed by atoms with Gasteiger partial charge in [-0.3, -0.25) is 4.79 Å². The van der Waals surface area contributed by atoms with Crippen LogP contribution in [0.15, 0.2) is 41.6 Å². The van der Waals surface area contributed by atoms with Gasteiger partial charge in [-0.15, -0.1) is 10.2 Å². The third kappa shape index (κ3) is 5.76. The van der Waals surface area contributed by atoms with Crippen LogP contribution in [0.25, 0.3) is 0 Å².